The number of hydrogen-bond acceptors (Lipinski definition) is 5. The number of nitrogens with one attached hydrogen (secondary N) is 2. The first-order valence-corrected chi connectivity index (χ1v) is 9.70. The van der Waals surface area contributed by atoms with Crippen molar-refractivity contribution in [3.05, 3.63) is 29.8 Å². The molecule has 2 saturated heterocycles. The van der Waals surface area contributed by atoms with E-state index < -0.39 is 29.5 Å². The lowest BCUT2D eigenvalue weighted by molar-refractivity contribution is -0.145. The van der Waals surface area contributed by atoms with E-state index in [-0.39, 0.29) is 23.8 Å². The number of anilines is 1. The molecule has 7 nitrogen and oxygen atoms in total. The van der Waals surface area contributed by atoms with Crippen LogP contribution in [0.3, 0.4) is 0 Å². The van der Waals surface area contributed by atoms with E-state index in [1.807, 2.05) is 18.2 Å². The zero-order chi connectivity index (χ0) is 18.9. The zero-order valence-corrected chi connectivity index (χ0v) is 15.1. The Kier molecular flexibility index (Phi) is 3.52. The summed E-state index contributed by atoms with van der Waals surface area (Å²) >= 11 is 0. The summed E-state index contributed by atoms with van der Waals surface area (Å²) in [7, 11) is 0. The van der Waals surface area contributed by atoms with Gasteiger partial charge in [-0.05, 0) is 25.8 Å². The summed E-state index contributed by atoms with van der Waals surface area (Å²) in [6.07, 6.45) is 2.78. The maximum atomic E-state index is 13.5. The molecule has 1 saturated carbocycles. The molecule has 4 aliphatic rings. The van der Waals surface area contributed by atoms with Gasteiger partial charge in [-0.15, -0.1) is 0 Å². The van der Waals surface area contributed by atoms with Crippen LogP contribution in [-0.2, 0) is 19.9 Å². The summed E-state index contributed by atoms with van der Waals surface area (Å²) in [5.74, 6) is -2.40. The number of hydrogen-bond donors (Lipinski definition) is 3. The van der Waals surface area contributed by atoms with E-state index in [2.05, 4.69) is 10.6 Å². The SMILES string of the molecule is C[C@H](O)[C@@H]1N[C@@]2(C(=O)Nc3ccccc32)[C@@H]2C(=O)N(C3CCCC3)C(=O)[C@H]12. The average molecular weight is 369 g/mol. The Bertz CT molecular complexity index is 847. The summed E-state index contributed by atoms with van der Waals surface area (Å²) in [6, 6.07) is 6.53. The lowest BCUT2D eigenvalue weighted by Gasteiger charge is -2.31. The van der Waals surface area contributed by atoms with E-state index in [1.165, 1.54) is 4.90 Å². The van der Waals surface area contributed by atoms with E-state index in [9.17, 15) is 19.5 Å². The quantitative estimate of drug-likeness (QED) is 0.668. The van der Waals surface area contributed by atoms with Gasteiger partial charge in [0.05, 0.1) is 17.9 Å². The summed E-state index contributed by atoms with van der Waals surface area (Å²) < 4.78 is 0. The number of nitrogens with zero attached hydrogens (tertiary/aromatic N) is 1. The summed E-state index contributed by atoms with van der Waals surface area (Å²) in [4.78, 5) is 41.3. The molecule has 3 N–H and O–H groups in total. The molecule has 0 unspecified atom stereocenters. The second kappa shape index (κ2) is 5.62. The Morgan fingerprint density at radius 1 is 1.15 bits per heavy atom. The van der Waals surface area contributed by atoms with Gasteiger partial charge in [0.15, 0.2) is 0 Å². The van der Waals surface area contributed by atoms with Gasteiger partial charge < -0.3 is 10.4 Å². The molecule has 0 aromatic heterocycles. The maximum Gasteiger partial charge on any atom is 0.250 e. The molecule has 1 aromatic carbocycles. The van der Waals surface area contributed by atoms with Crippen LogP contribution in [0.2, 0.25) is 0 Å². The van der Waals surface area contributed by atoms with Crippen LogP contribution in [0.1, 0.15) is 38.2 Å². The van der Waals surface area contributed by atoms with Crippen LogP contribution in [0.25, 0.3) is 0 Å². The minimum absolute atomic E-state index is 0.0815. The van der Waals surface area contributed by atoms with E-state index in [4.69, 9.17) is 0 Å². The molecule has 3 fully saturated rings. The Labute approximate surface area is 157 Å². The highest BCUT2D eigenvalue weighted by molar-refractivity contribution is 6.15. The fourth-order valence-corrected chi connectivity index (χ4v) is 5.65. The Morgan fingerprint density at radius 2 is 1.85 bits per heavy atom. The fourth-order valence-electron chi connectivity index (χ4n) is 5.65. The molecule has 5 atom stereocenters. The molecular formula is C20H23N3O4. The third-order valence-corrected chi connectivity index (χ3v) is 6.80. The highest BCUT2D eigenvalue weighted by atomic mass is 16.3. The number of amides is 3. The maximum absolute atomic E-state index is 13.5. The predicted octanol–water partition coefficient (Wildman–Crippen LogP) is 0.730. The first-order chi connectivity index (χ1) is 13.0. The number of aliphatic hydroxyl groups excluding tert-OH is 1. The summed E-state index contributed by atoms with van der Waals surface area (Å²) in [5.41, 5.74) is 0.0327. The van der Waals surface area contributed by atoms with Gasteiger partial charge >= 0.3 is 0 Å². The zero-order valence-electron chi connectivity index (χ0n) is 15.1. The average Bonchev–Trinajstić information content (AvgIpc) is 3.37. The number of benzene rings is 1. The second-order valence-corrected chi connectivity index (χ2v) is 8.21. The normalized spacial score (nSPS) is 36.4. The number of para-hydroxylation sites is 1. The lowest BCUT2D eigenvalue weighted by atomic mass is 9.76. The monoisotopic (exact) mass is 369 g/mol. The van der Waals surface area contributed by atoms with Gasteiger partial charge in [-0.2, -0.15) is 0 Å². The largest absolute Gasteiger partial charge is 0.392 e. The number of rotatable bonds is 2. The van der Waals surface area contributed by atoms with Crippen molar-refractivity contribution in [2.24, 2.45) is 11.8 Å². The predicted molar refractivity (Wildman–Crippen MR) is 96.4 cm³/mol. The van der Waals surface area contributed by atoms with E-state index in [0.717, 1.165) is 25.7 Å². The van der Waals surface area contributed by atoms with E-state index in [0.29, 0.717) is 11.3 Å². The van der Waals surface area contributed by atoms with Crippen molar-refractivity contribution in [1.29, 1.82) is 0 Å². The highest BCUT2D eigenvalue weighted by Crippen LogP contribution is 2.54. The van der Waals surface area contributed by atoms with Crippen LogP contribution >= 0.6 is 0 Å². The number of aliphatic hydroxyl groups is 1. The van der Waals surface area contributed by atoms with E-state index >= 15 is 0 Å². The standard InChI is InChI=1S/C20H23N3O4/c1-10(24)16-14-15(18(26)23(17(14)25)11-6-2-3-7-11)20(22-16)12-8-4-5-9-13(12)21-19(20)27/h4-5,8-11,14-16,22,24H,2-3,6-7H2,1H3,(H,21,27)/t10-,14-,15-,16-,20+/m0/s1. The molecule has 5 rings (SSSR count). The number of imide groups is 1. The minimum Gasteiger partial charge on any atom is -0.392 e. The van der Waals surface area contributed by atoms with Crippen LogP contribution in [-0.4, -0.2) is 45.9 Å². The van der Waals surface area contributed by atoms with Gasteiger partial charge in [0, 0.05) is 23.3 Å². The Morgan fingerprint density at radius 3 is 2.56 bits per heavy atom. The van der Waals surface area contributed by atoms with Gasteiger partial charge in [-0.25, -0.2) is 0 Å². The smallest absolute Gasteiger partial charge is 0.250 e. The lowest BCUT2D eigenvalue weighted by Crippen LogP contribution is -2.55. The third kappa shape index (κ3) is 2.01. The van der Waals surface area contributed by atoms with Gasteiger partial charge in [-0.1, -0.05) is 31.0 Å². The molecule has 1 aromatic rings. The van der Waals surface area contributed by atoms with Crippen LogP contribution in [0.5, 0.6) is 0 Å². The molecule has 3 amide bonds. The molecule has 27 heavy (non-hydrogen) atoms. The summed E-state index contributed by atoms with van der Waals surface area (Å²) in [6.45, 7) is 1.60. The van der Waals surface area contributed by atoms with Crippen molar-refractivity contribution in [1.82, 2.24) is 10.2 Å². The Hall–Kier alpha value is -2.25. The molecule has 3 heterocycles. The van der Waals surface area contributed by atoms with Crippen molar-refractivity contribution in [2.75, 3.05) is 5.32 Å². The van der Waals surface area contributed by atoms with Crippen LogP contribution in [0.4, 0.5) is 5.69 Å². The highest BCUT2D eigenvalue weighted by Gasteiger charge is 2.71. The van der Waals surface area contributed by atoms with Crippen LogP contribution in [0, 0.1) is 11.8 Å². The third-order valence-electron chi connectivity index (χ3n) is 6.80. The van der Waals surface area contributed by atoms with Gasteiger partial charge in [-0.3, -0.25) is 24.6 Å². The minimum atomic E-state index is -1.30. The van der Waals surface area contributed by atoms with Gasteiger partial charge in [0.25, 0.3) is 0 Å². The fraction of sp³-hybridized carbons (Fsp3) is 0.550. The molecule has 142 valence electrons. The first kappa shape index (κ1) is 16.9. The van der Waals surface area contributed by atoms with Crippen molar-refractivity contribution in [2.45, 2.75) is 56.3 Å². The summed E-state index contributed by atoms with van der Waals surface area (Å²) in [5, 5.41) is 16.4. The Balaban J connectivity index is 1.66. The van der Waals surface area contributed by atoms with Crippen molar-refractivity contribution in [3.63, 3.8) is 0 Å². The number of likely N-dealkylation sites (tertiary alicyclic amines) is 1. The molecule has 0 radical (unpaired) electrons. The van der Waals surface area contributed by atoms with Crippen molar-refractivity contribution in [3.8, 4) is 0 Å². The molecule has 1 spiro atoms. The second-order valence-electron chi connectivity index (χ2n) is 8.21. The van der Waals surface area contributed by atoms with Crippen LogP contribution in [0.15, 0.2) is 24.3 Å². The van der Waals surface area contributed by atoms with E-state index in [1.54, 1.807) is 13.0 Å². The molecule has 3 aliphatic heterocycles. The van der Waals surface area contributed by atoms with Gasteiger partial charge in [0.1, 0.15) is 5.54 Å². The molecular weight excluding hydrogens is 346 g/mol. The molecule has 7 heteroatoms. The number of carbonyl (C=O) groups is 3. The van der Waals surface area contributed by atoms with Crippen molar-refractivity contribution >= 4 is 23.4 Å². The topological polar surface area (TPSA) is 98.7 Å². The first-order valence-electron chi connectivity index (χ1n) is 9.70. The molecule has 1 aliphatic carbocycles. The van der Waals surface area contributed by atoms with Crippen LogP contribution < -0.4 is 10.6 Å². The number of carbonyl (C=O) groups excluding carboxylic acids is 3. The number of fused-ring (bicyclic) bond motifs is 4. The molecule has 0 bridgehead atoms. The van der Waals surface area contributed by atoms with Crippen molar-refractivity contribution < 1.29 is 19.5 Å². The van der Waals surface area contributed by atoms with Gasteiger partial charge in [0.2, 0.25) is 17.7 Å².